The lowest BCUT2D eigenvalue weighted by atomic mass is 10.1. The number of ketones is 1. The van der Waals surface area contributed by atoms with E-state index in [0.29, 0.717) is 20.7 Å². The zero-order valence-electron chi connectivity index (χ0n) is 11.9. The van der Waals surface area contributed by atoms with Gasteiger partial charge in [-0.2, -0.15) is 5.26 Å². The fourth-order valence-corrected chi connectivity index (χ4v) is 3.92. The lowest BCUT2D eigenvalue weighted by molar-refractivity contribution is -0.114. The molecule has 0 bridgehead atoms. The van der Waals surface area contributed by atoms with E-state index in [1.165, 1.54) is 23.1 Å². The molecule has 0 spiro atoms. The third-order valence-corrected chi connectivity index (χ3v) is 5.00. The van der Waals surface area contributed by atoms with E-state index in [2.05, 4.69) is 4.98 Å². The van der Waals surface area contributed by atoms with Gasteiger partial charge in [0.25, 0.3) is 0 Å². The Hall–Kier alpha value is -2.43. The van der Waals surface area contributed by atoms with E-state index in [1.807, 2.05) is 23.6 Å². The van der Waals surface area contributed by atoms with Crippen molar-refractivity contribution in [2.75, 3.05) is 6.61 Å². The van der Waals surface area contributed by atoms with E-state index in [4.69, 9.17) is 15.4 Å². The number of carbonyl (C=O) groups is 1. The van der Waals surface area contributed by atoms with Crippen LogP contribution in [0.5, 0.6) is 5.75 Å². The van der Waals surface area contributed by atoms with E-state index >= 15 is 0 Å². The number of hydrogen-bond donors (Lipinski definition) is 1. The molecule has 0 saturated carbocycles. The summed E-state index contributed by atoms with van der Waals surface area (Å²) in [6.45, 7) is 0.00142. The number of nitrogens with one attached hydrogen (secondary N) is 1. The van der Waals surface area contributed by atoms with Gasteiger partial charge in [-0.25, -0.2) is 4.98 Å². The summed E-state index contributed by atoms with van der Waals surface area (Å²) in [5, 5.41) is 19.3. The molecule has 114 valence electrons. The van der Waals surface area contributed by atoms with Gasteiger partial charge >= 0.3 is 0 Å². The van der Waals surface area contributed by atoms with Crippen molar-refractivity contribution in [3.05, 3.63) is 51.3 Å². The number of nitriles is 1. The Balaban J connectivity index is 1.79. The number of benzene rings is 1. The van der Waals surface area contributed by atoms with E-state index < -0.39 is 5.92 Å². The van der Waals surface area contributed by atoms with Gasteiger partial charge < -0.3 is 4.74 Å². The second-order valence-electron chi connectivity index (χ2n) is 4.66. The van der Waals surface area contributed by atoms with Crippen molar-refractivity contribution in [3.8, 4) is 11.8 Å². The minimum Gasteiger partial charge on any atom is -0.479 e. The van der Waals surface area contributed by atoms with Crippen LogP contribution in [0.4, 0.5) is 0 Å². The van der Waals surface area contributed by atoms with Gasteiger partial charge in [0.15, 0.2) is 12.4 Å². The third-order valence-electron chi connectivity index (χ3n) is 3.17. The van der Waals surface area contributed by atoms with Gasteiger partial charge in [0, 0.05) is 11.6 Å². The first-order valence-electron chi connectivity index (χ1n) is 6.70. The second-order valence-corrected chi connectivity index (χ2v) is 6.67. The standard InChI is InChI=1S/C16H11N3O2S2/c17-5-7-21-11-3-1-10(2-4-11)9-12-14(20)13(15(18)23-12)16-19-6-8-22-16/h1-4,6,8-9,13,18H,7H2/b12-9-,18-15?/t13-/m0/s1. The van der Waals surface area contributed by atoms with Crippen LogP contribution in [0.25, 0.3) is 6.08 Å². The average Bonchev–Trinajstić information content (AvgIpc) is 3.15. The Morgan fingerprint density at radius 1 is 1.39 bits per heavy atom. The number of thioether (sulfide) groups is 1. The van der Waals surface area contributed by atoms with Crippen molar-refractivity contribution in [2.24, 2.45) is 0 Å². The summed E-state index contributed by atoms with van der Waals surface area (Å²) in [5.74, 6) is -0.0447. The Bertz CT molecular complexity index is 805. The van der Waals surface area contributed by atoms with E-state index in [0.717, 1.165) is 5.56 Å². The second kappa shape index (κ2) is 6.77. The normalized spacial score (nSPS) is 19.1. The number of rotatable bonds is 4. The van der Waals surface area contributed by atoms with Crippen LogP contribution in [-0.2, 0) is 4.79 Å². The molecule has 1 atom stereocenters. The van der Waals surface area contributed by atoms with Crippen molar-refractivity contribution in [2.45, 2.75) is 5.92 Å². The number of allylic oxidation sites excluding steroid dienone is 1. The Morgan fingerprint density at radius 3 is 2.83 bits per heavy atom. The predicted molar refractivity (Wildman–Crippen MR) is 90.7 cm³/mol. The summed E-state index contributed by atoms with van der Waals surface area (Å²) in [6, 6.07) is 9.03. The van der Waals surface area contributed by atoms with Crippen LogP contribution < -0.4 is 4.74 Å². The van der Waals surface area contributed by atoms with Gasteiger partial charge in [-0.3, -0.25) is 10.2 Å². The van der Waals surface area contributed by atoms with Crippen LogP contribution in [0, 0.1) is 16.7 Å². The Kier molecular flexibility index (Phi) is 4.55. The molecule has 0 radical (unpaired) electrons. The molecule has 5 nitrogen and oxygen atoms in total. The number of nitrogens with zero attached hydrogens (tertiary/aromatic N) is 2. The minimum absolute atomic E-state index is 0.00142. The zero-order valence-corrected chi connectivity index (χ0v) is 13.5. The highest BCUT2D eigenvalue weighted by atomic mass is 32.2. The average molecular weight is 341 g/mol. The fraction of sp³-hybridized carbons (Fsp3) is 0.125. The Labute approximate surface area is 141 Å². The maximum atomic E-state index is 12.5. The fourth-order valence-electron chi connectivity index (χ4n) is 2.12. The highest BCUT2D eigenvalue weighted by Gasteiger charge is 2.38. The van der Waals surface area contributed by atoms with Crippen LogP contribution in [-0.4, -0.2) is 22.4 Å². The first-order chi connectivity index (χ1) is 11.2. The van der Waals surface area contributed by atoms with Gasteiger partial charge in [-0.1, -0.05) is 23.9 Å². The highest BCUT2D eigenvalue weighted by molar-refractivity contribution is 8.19. The predicted octanol–water partition coefficient (Wildman–Crippen LogP) is 3.46. The van der Waals surface area contributed by atoms with Gasteiger partial charge in [0.05, 0.1) is 9.95 Å². The number of thiazole rings is 1. The SMILES string of the molecule is N#CCOc1ccc(/C=C2\SC(=N)[C@@H](c3nccs3)C2=O)cc1. The van der Waals surface area contributed by atoms with Gasteiger partial charge in [-0.05, 0) is 23.8 Å². The molecule has 1 aromatic heterocycles. The van der Waals surface area contributed by atoms with Crippen LogP contribution in [0.15, 0.2) is 40.7 Å². The number of ether oxygens (including phenoxy) is 1. The van der Waals surface area contributed by atoms with Crippen molar-refractivity contribution >= 4 is 40.0 Å². The van der Waals surface area contributed by atoms with Crippen molar-refractivity contribution < 1.29 is 9.53 Å². The lowest BCUT2D eigenvalue weighted by Crippen LogP contribution is -2.11. The quantitative estimate of drug-likeness (QED) is 0.861. The van der Waals surface area contributed by atoms with Crippen molar-refractivity contribution in [1.29, 1.82) is 10.7 Å². The molecular weight excluding hydrogens is 330 g/mol. The molecule has 1 N–H and O–H groups in total. The maximum Gasteiger partial charge on any atom is 0.186 e. The van der Waals surface area contributed by atoms with Crippen LogP contribution >= 0.6 is 23.1 Å². The van der Waals surface area contributed by atoms with Gasteiger partial charge in [0.2, 0.25) is 0 Å². The molecule has 1 fully saturated rings. The third kappa shape index (κ3) is 3.33. The first kappa shape index (κ1) is 15.5. The van der Waals surface area contributed by atoms with Gasteiger partial charge in [0.1, 0.15) is 22.7 Å². The van der Waals surface area contributed by atoms with Crippen LogP contribution in [0.3, 0.4) is 0 Å². The highest BCUT2D eigenvalue weighted by Crippen LogP contribution is 2.41. The number of Topliss-reactive ketones (excluding diaryl/α,β-unsaturated/α-hetero) is 1. The van der Waals surface area contributed by atoms with Crippen molar-refractivity contribution in [1.82, 2.24) is 4.98 Å². The van der Waals surface area contributed by atoms with E-state index in [1.54, 1.807) is 24.4 Å². The molecule has 1 aliphatic rings. The summed E-state index contributed by atoms with van der Waals surface area (Å²) >= 11 is 2.57. The summed E-state index contributed by atoms with van der Waals surface area (Å²) in [5.41, 5.74) is 0.845. The molecule has 2 aromatic rings. The smallest absolute Gasteiger partial charge is 0.186 e. The summed E-state index contributed by atoms with van der Waals surface area (Å²) < 4.78 is 5.19. The minimum atomic E-state index is -0.565. The van der Waals surface area contributed by atoms with Crippen LogP contribution in [0.2, 0.25) is 0 Å². The monoisotopic (exact) mass is 341 g/mol. The maximum absolute atomic E-state index is 12.5. The van der Waals surface area contributed by atoms with Crippen molar-refractivity contribution in [3.63, 3.8) is 0 Å². The molecule has 0 aliphatic carbocycles. The first-order valence-corrected chi connectivity index (χ1v) is 8.40. The molecule has 1 aromatic carbocycles. The Morgan fingerprint density at radius 2 is 2.17 bits per heavy atom. The molecular formula is C16H11N3O2S2. The molecule has 1 aliphatic heterocycles. The largest absolute Gasteiger partial charge is 0.479 e. The van der Waals surface area contributed by atoms with Crippen LogP contribution in [0.1, 0.15) is 16.5 Å². The molecule has 0 amide bonds. The topological polar surface area (TPSA) is 86.8 Å². The lowest BCUT2D eigenvalue weighted by Gasteiger charge is -2.02. The number of carbonyl (C=O) groups excluding carboxylic acids is 1. The van der Waals surface area contributed by atoms with E-state index in [-0.39, 0.29) is 12.4 Å². The summed E-state index contributed by atoms with van der Waals surface area (Å²) in [4.78, 5) is 17.2. The molecule has 1 saturated heterocycles. The number of hydrogen-bond acceptors (Lipinski definition) is 7. The summed E-state index contributed by atoms with van der Waals surface area (Å²) in [7, 11) is 0. The molecule has 3 rings (SSSR count). The van der Waals surface area contributed by atoms with E-state index in [9.17, 15) is 4.79 Å². The molecule has 2 heterocycles. The molecule has 23 heavy (non-hydrogen) atoms. The molecule has 7 heteroatoms. The van der Waals surface area contributed by atoms with Gasteiger partial charge in [-0.15, -0.1) is 11.3 Å². The molecule has 0 unspecified atom stereocenters. The number of aromatic nitrogens is 1. The summed E-state index contributed by atoms with van der Waals surface area (Å²) in [6.07, 6.45) is 3.41. The zero-order chi connectivity index (χ0) is 16.2.